The number of rotatable bonds is 4. The highest BCUT2D eigenvalue weighted by Crippen LogP contribution is 2.52. The van der Waals surface area contributed by atoms with Crippen molar-refractivity contribution in [3.05, 3.63) is 228 Å². The number of hydrogen-bond acceptors (Lipinski definition) is 4. The van der Waals surface area contributed by atoms with Gasteiger partial charge in [-0.25, -0.2) is 0 Å². The molecule has 0 N–H and O–H groups in total. The van der Waals surface area contributed by atoms with Gasteiger partial charge in [0.1, 0.15) is 16.3 Å². The number of aromatic nitrogens is 5. The third-order valence-corrected chi connectivity index (χ3v) is 13.8. The molecule has 298 valence electrons. The number of para-hydroxylation sites is 3. The molecule has 0 unspecified atom stereocenters. The van der Waals surface area contributed by atoms with Crippen LogP contribution in [0.15, 0.2) is 215 Å². The fourth-order valence-corrected chi connectivity index (χ4v) is 11.0. The minimum atomic E-state index is -1.15. The van der Waals surface area contributed by atoms with E-state index in [1.54, 1.807) is 0 Å². The fraction of sp³-hybridized carbons (Fsp3) is 0.0185. The van der Waals surface area contributed by atoms with Crippen molar-refractivity contribution >= 4 is 56.5 Å². The number of aliphatic imine (C=N–C) groups is 2. The van der Waals surface area contributed by atoms with Crippen LogP contribution in [-0.2, 0) is 5.91 Å². The molecule has 6 aliphatic heterocycles. The van der Waals surface area contributed by atoms with Crippen LogP contribution < -0.4 is 24.7 Å². The third-order valence-electron chi connectivity index (χ3n) is 13.8. The molecule has 1 spiro atoms. The van der Waals surface area contributed by atoms with Gasteiger partial charge in [0, 0.05) is 54.6 Å². The van der Waals surface area contributed by atoms with Crippen molar-refractivity contribution in [2.45, 2.75) is 5.91 Å². The lowest BCUT2D eigenvalue weighted by molar-refractivity contribution is -0.790. The van der Waals surface area contributed by atoms with E-state index < -0.39 is 5.91 Å². The Morgan fingerprint density at radius 3 is 1.55 bits per heavy atom. The van der Waals surface area contributed by atoms with Crippen LogP contribution in [0.2, 0.25) is 0 Å². The van der Waals surface area contributed by atoms with E-state index in [2.05, 4.69) is 221 Å². The van der Waals surface area contributed by atoms with E-state index in [4.69, 9.17) is 20.0 Å². The maximum atomic E-state index is 5.74. The van der Waals surface area contributed by atoms with Gasteiger partial charge in [-0.05, 0) is 23.3 Å². The van der Waals surface area contributed by atoms with Crippen LogP contribution in [0.4, 0.5) is 11.6 Å². The van der Waals surface area contributed by atoms with Crippen LogP contribution in [0.1, 0.15) is 22.3 Å². The molecule has 0 bridgehead atoms. The highest BCUT2D eigenvalue weighted by atomic mass is 15.7. The topological polar surface area (TPSA) is 77.0 Å². The van der Waals surface area contributed by atoms with Crippen LogP contribution >= 0.6 is 0 Å². The summed E-state index contributed by atoms with van der Waals surface area (Å²) in [5.41, 5.74) is 11.1. The number of amidine groups is 4. The molecule has 65 heavy (non-hydrogen) atoms. The Hall–Kier alpha value is -9.09. The van der Waals surface area contributed by atoms with Gasteiger partial charge in [0.05, 0.1) is 27.5 Å². The van der Waals surface area contributed by atoms with Gasteiger partial charge in [-0.1, -0.05) is 111 Å². The lowest BCUT2D eigenvalue weighted by Gasteiger charge is -2.40. The molecule has 11 heteroatoms. The zero-order valence-electron chi connectivity index (χ0n) is 34.4. The maximum Gasteiger partial charge on any atom is 0.404 e. The first-order valence-electron chi connectivity index (χ1n) is 21.8. The largest absolute Gasteiger partial charge is 0.404 e. The van der Waals surface area contributed by atoms with Gasteiger partial charge in [-0.2, -0.15) is 22.8 Å². The van der Waals surface area contributed by atoms with Crippen LogP contribution in [-0.4, -0.2) is 41.6 Å². The summed E-state index contributed by atoms with van der Waals surface area (Å²) >= 11 is 0. The predicted octanol–water partition coefficient (Wildman–Crippen LogP) is 6.20. The predicted molar refractivity (Wildman–Crippen MR) is 244 cm³/mol. The Labute approximate surface area is 369 Å². The Bertz CT molecular complexity index is 4140. The number of benzene rings is 5. The Morgan fingerprint density at radius 2 is 0.892 bits per heavy atom. The van der Waals surface area contributed by atoms with Gasteiger partial charge in [0.15, 0.2) is 37.2 Å². The van der Waals surface area contributed by atoms with Crippen molar-refractivity contribution in [3.8, 4) is 28.2 Å². The number of pyridine rings is 3. The average Bonchev–Trinajstić information content (AvgIpc) is 4.09. The van der Waals surface area contributed by atoms with Gasteiger partial charge in [-0.15, -0.1) is 9.15 Å². The van der Waals surface area contributed by atoms with Crippen LogP contribution in [0.5, 0.6) is 0 Å². The van der Waals surface area contributed by atoms with Crippen molar-refractivity contribution < 1.29 is 22.9 Å². The van der Waals surface area contributed by atoms with Crippen LogP contribution in [0, 0.1) is 0 Å². The van der Waals surface area contributed by atoms with E-state index in [0.29, 0.717) is 0 Å². The van der Waals surface area contributed by atoms with Gasteiger partial charge in [-0.3, -0.25) is 0 Å². The molecule has 0 fully saturated rings. The molecular formula is C54H32N11+5. The number of fused-ring (bicyclic) bond motifs is 12. The molecule has 1 atom stereocenters. The Morgan fingerprint density at radius 1 is 0.369 bits per heavy atom. The molecule has 11 nitrogen and oxygen atoms in total. The van der Waals surface area contributed by atoms with Gasteiger partial charge < -0.3 is 0 Å². The number of nitrogens with zero attached hydrogens (tertiary/aromatic N) is 11. The van der Waals surface area contributed by atoms with E-state index in [0.717, 1.165) is 118 Å². The molecule has 0 radical (unpaired) electrons. The lowest BCUT2D eigenvalue weighted by Crippen LogP contribution is -2.71. The molecule has 0 aliphatic carbocycles. The van der Waals surface area contributed by atoms with E-state index in [9.17, 15) is 0 Å². The molecule has 0 amide bonds. The molecule has 5 aromatic carbocycles. The molecule has 0 saturated heterocycles. The molecule has 16 rings (SSSR count). The smallest absolute Gasteiger partial charge is 0.192 e. The zero-order chi connectivity index (χ0) is 42.1. The van der Waals surface area contributed by atoms with Crippen molar-refractivity contribution in [3.63, 3.8) is 0 Å². The first-order valence-corrected chi connectivity index (χ1v) is 21.8. The summed E-state index contributed by atoms with van der Waals surface area (Å²) in [7, 11) is 0. The highest BCUT2D eigenvalue weighted by molar-refractivity contribution is 6.20. The monoisotopic (exact) mass is 834 g/mol. The molecule has 6 aliphatic rings. The maximum absolute atomic E-state index is 5.74. The summed E-state index contributed by atoms with van der Waals surface area (Å²) in [6.07, 6.45) is 13.0. The fourth-order valence-electron chi connectivity index (χ4n) is 11.0. The molecular weight excluding hydrogens is 803 g/mol. The van der Waals surface area contributed by atoms with E-state index in [1.165, 1.54) is 0 Å². The molecule has 5 aromatic heterocycles. The average molecular weight is 835 g/mol. The van der Waals surface area contributed by atoms with Crippen LogP contribution in [0.3, 0.4) is 0 Å². The van der Waals surface area contributed by atoms with Crippen molar-refractivity contribution in [2.24, 2.45) is 20.0 Å². The first kappa shape index (κ1) is 33.5. The lowest BCUT2D eigenvalue weighted by atomic mass is 9.99. The standard InChI is InChI=1S/C54H32N11/c1-5-13-33(14-6-1)34-21-22-38-42(29-34)50-55-47-39-23-26-59(35-15-7-2-8-16-35)30-43(39)52-57-49-41-25-28-61(37-19-11-4-12-20-37)32-45(41)53-58-48-40-24-27-60(36-17-9-3-10-18-36)31-44(40)51-56-46(38)62(50)54(63(47)52,64(48)51)65(49)53/h1-32H/q+5/t54-/m0/s1. The second-order valence-corrected chi connectivity index (χ2v) is 17.1. The summed E-state index contributed by atoms with van der Waals surface area (Å²) in [6, 6.07) is 55.3. The molecule has 10 aromatic rings. The third kappa shape index (κ3) is 4.05. The molecule has 0 saturated carbocycles. The molecule has 11 heterocycles. The van der Waals surface area contributed by atoms with Crippen molar-refractivity contribution in [1.82, 2.24) is 9.13 Å². The Kier molecular flexibility index (Phi) is 6.02. The summed E-state index contributed by atoms with van der Waals surface area (Å²) in [4.78, 5) is 23.0. The van der Waals surface area contributed by atoms with E-state index in [1.807, 2.05) is 6.07 Å². The second-order valence-electron chi connectivity index (χ2n) is 17.1. The zero-order valence-corrected chi connectivity index (χ0v) is 34.4. The quantitative estimate of drug-likeness (QED) is 0.190. The van der Waals surface area contributed by atoms with Crippen molar-refractivity contribution in [1.29, 1.82) is 0 Å². The summed E-state index contributed by atoms with van der Waals surface area (Å²) in [5.74, 6) is 3.81. The summed E-state index contributed by atoms with van der Waals surface area (Å²) in [5, 5.41) is 4.01. The highest BCUT2D eigenvalue weighted by Gasteiger charge is 2.70. The normalized spacial score (nSPS) is 17.3. The van der Waals surface area contributed by atoms with E-state index in [-0.39, 0.29) is 0 Å². The van der Waals surface area contributed by atoms with Crippen LogP contribution in [0.25, 0.3) is 49.7 Å². The second kappa shape index (κ2) is 11.7. The number of hydrogen-bond donors (Lipinski definition) is 0. The summed E-state index contributed by atoms with van der Waals surface area (Å²) in [6.45, 7) is 0. The Balaban J connectivity index is 1.09. The SMILES string of the molecule is c1ccc(-c2ccc3c(c2)C2=[N+]4C3=Nc3c5c[n+](-c6ccccc6)ccc5c5n3[C@@]43n4c(c6cc[n+](-c7ccccc7)cc6c4=NC4=[N+]3C(=N5)c3c[n+](-c5ccccc5)ccc34)=N2)cc1. The minimum Gasteiger partial charge on any atom is -0.192 e. The van der Waals surface area contributed by atoms with Gasteiger partial charge in [0.25, 0.3) is 23.3 Å². The van der Waals surface area contributed by atoms with E-state index >= 15 is 0 Å². The first-order chi connectivity index (χ1) is 32.2. The van der Waals surface area contributed by atoms with Gasteiger partial charge in [0.2, 0.25) is 39.7 Å². The van der Waals surface area contributed by atoms with Crippen molar-refractivity contribution in [2.75, 3.05) is 0 Å². The van der Waals surface area contributed by atoms with Gasteiger partial charge >= 0.3 is 5.91 Å². The minimum absolute atomic E-state index is 0.819. The summed E-state index contributed by atoms with van der Waals surface area (Å²) < 4.78 is 16.0.